The van der Waals surface area contributed by atoms with E-state index in [1.807, 2.05) is 51.1 Å². The van der Waals surface area contributed by atoms with Gasteiger partial charge in [0.2, 0.25) is 5.91 Å². The number of carboxylic acids is 1. The van der Waals surface area contributed by atoms with Crippen LogP contribution in [0.2, 0.25) is 0 Å². The molecule has 3 atom stereocenters. The first kappa shape index (κ1) is 28.8. The van der Waals surface area contributed by atoms with Gasteiger partial charge in [-0.1, -0.05) is 56.7 Å². The van der Waals surface area contributed by atoms with E-state index >= 15 is 0 Å². The standard InChI is InChI=1S/C32H36FN3O4/c1-4-20(3)30(31(38)39)36-29(37)16-21-8-9-23-17-24(11-10-22(23)15-21)25-12-13-28(27(33)18-25)35-32(40)34-26-7-5-6-19(2)14-26/h5-7,10-14,17-18,20-21,30H,4,8-9,15-16H2,1-3H3,(H,36,37)(H,38,39)(H2,34,35,40)/t20?,21?,30-/m0/s1. The molecule has 1 aliphatic rings. The average molecular weight is 546 g/mol. The van der Waals surface area contributed by atoms with Gasteiger partial charge in [-0.2, -0.15) is 0 Å². The van der Waals surface area contributed by atoms with E-state index in [9.17, 15) is 23.9 Å². The quantitative estimate of drug-likeness (QED) is 0.244. The second-order valence-corrected chi connectivity index (χ2v) is 10.7. The number of urea groups is 1. The SMILES string of the molecule is CCC(C)[C@H](NC(=O)CC1CCc2cc(-c3ccc(NC(=O)Nc4cccc(C)c4)c(F)c3)ccc2C1)C(=O)O. The lowest BCUT2D eigenvalue weighted by Gasteiger charge is -2.26. The van der Waals surface area contributed by atoms with E-state index in [-0.39, 0.29) is 23.4 Å². The number of halogens is 1. The molecule has 0 heterocycles. The van der Waals surface area contributed by atoms with Gasteiger partial charge in [0.1, 0.15) is 11.9 Å². The van der Waals surface area contributed by atoms with E-state index in [4.69, 9.17) is 0 Å². The van der Waals surface area contributed by atoms with Crippen LogP contribution in [-0.2, 0) is 22.4 Å². The molecule has 3 amide bonds. The molecule has 1 aliphatic carbocycles. The maximum atomic E-state index is 14.9. The number of aliphatic carboxylic acids is 1. The van der Waals surface area contributed by atoms with Crippen LogP contribution in [0.4, 0.5) is 20.6 Å². The fourth-order valence-electron chi connectivity index (χ4n) is 5.17. The van der Waals surface area contributed by atoms with E-state index in [0.717, 1.165) is 41.5 Å². The molecular weight excluding hydrogens is 509 g/mol. The molecule has 0 spiro atoms. The Morgan fingerprint density at radius 1 is 1.00 bits per heavy atom. The van der Waals surface area contributed by atoms with Crippen LogP contribution in [-0.4, -0.2) is 29.1 Å². The van der Waals surface area contributed by atoms with Gasteiger partial charge in [0.15, 0.2) is 0 Å². The molecular formula is C32H36FN3O4. The number of hydrogen-bond donors (Lipinski definition) is 4. The Morgan fingerprint density at radius 3 is 2.45 bits per heavy atom. The van der Waals surface area contributed by atoms with Gasteiger partial charge in [0, 0.05) is 12.1 Å². The van der Waals surface area contributed by atoms with Gasteiger partial charge in [-0.3, -0.25) is 4.79 Å². The molecule has 7 nitrogen and oxygen atoms in total. The summed E-state index contributed by atoms with van der Waals surface area (Å²) in [6.45, 7) is 5.66. The van der Waals surface area contributed by atoms with Crippen molar-refractivity contribution < 1.29 is 23.9 Å². The zero-order valence-electron chi connectivity index (χ0n) is 23.1. The first-order valence-electron chi connectivity index (χ1n) is 13.7. The lowest BCUT2D eigenvalue weighted by molar-refractivity contribution is -0.143. The van der Waals surface area contributed by atoms with Gasteiger partial charge >= 0.3 is 12.0 Å². The monoisotopic (exact) mass is 545 g/mol. The number of amides is 3. The summed E-state index contributed by atoms with van der Waals surface area (Å²) in [5, 5.41) is 17.4. The number of hydrogen-bond acceptors (Lipinski definition) is 3. The van der Waals surface area contributed by atoms with Crippen LogP contribution in [0, 0.1) is 24.6 Å². The van der Waals surface area contributed by atoms with Crippen LogP contribution in [0.3, 0.4) is 0 Å². The number of benzene rings is 3. The molecule has 0 aliphatic heterocycles. The Balaban J connectivity index is 1.37. The fourth-order valence-corrected chi connectivity index (χ4v) is 5.17. The van der Waals surface area contributed by atoms with Crippen LogP contribution < -0.4 is 16.0 Å². The molecule has 4 N–H and O–H groups in total. The summed E-state index contributed by atoms with van der Waals surface area (Å²) in [5.41, 5.74) is 5.62. The minimum atomic E-state index is -1.00. The van der Waals surface area contributed by atoms with Crippen molar-refractivity contribution >= 4 is 29.3 Å². The lowest BCUT2D eigenvalue weighted by atomic mass is 9.81. The van der Waals surface area contributed by atoms with Crippen molar-refractivity contribution in [1.29, 1.82) is 0 Å². The molecule has 0 bridgehead atoms. The molecule has 0 fully saturated rings. The number of carbonyl (C=O) groups is 3. The van der Waals surface area contributed by atoms with Crippen molar-refractivity contribution in [2.75, 3.05) is 10.6 Å². The maximum Gasteiger partial charge on any atom is 0.326 e. The summed E-state index contributed by atoms with van der Waals surface area (Å²) in [7, 11) is 0. The van der Waals surface area contributed by atoms with Crippen molar-refractivity contribution in [3.8, 4) is 11.1 Å². The Kier molecular flexibility index (Phi) is 9.19. The molecule has 40 heavy (non-hydrogen) atoms. The normalized spacial score (nSPS) is 15.8. The summed E-state index contributed by atoms with van der Waals surface area (Å²) in [4.78, 5) is 36.5. The highest BCUT2D eigenvalue weighted by atomic mass is 19.1. The minimum absolute atomic E-state index is 0.0893. The molecule has 0 saturated carbocycles. The number of anilines is 2. The summed E-state index contributed by atoms with van der Waals surface area (Å²) < 4.78 is 14.9. The molecule has 8 heteroatoms. The van der Waals surface area contributed by atoms with Crippen LogP contribution in [0.25, 0.3) is 11.1 Å². The van der Waals surface area contributed by atoms with Gasteiger partial charge in [-0.25, -0.2) is 14.0 Å². The number of carboxylic acid groups (broad SMARTS) is 1. The highest BCUT2D eigenvalue weighted by molar-refractivity contribution is 6.00. The van der Waals surface area contributed by atoms with E-state index < -0.39 is 23.9 Å². The maximum absolute atomic E-state index is 14.9. The largest absolute Gasteiger partial charge is 0.480 e. The third-order valence-corrected chi connectivity index (χ3v) is 7.63. The van der Waals surface area contributed by atoms with Crippen molar-refractivity contribution in [1.82, 2.24) is 5.32 Å². The van der Waals surface area contributed by atoms with Gasteiger partial charge in [-0.15, -0.1) is 0 Å². The zero-order valence-corrected chi connectivity index (χ0v) is 23.1. The van der Waals surface area contributed by atoms with Crippen molar-refractivity contribution in [2.45, 2.75) is 58.9 Å². The Labute approximate surface area is 234 Å². The first-order valence-corrected chi connectivity index (χ1v) is 13.7. The minimum Gasteiger partial charge on any atom is -0.480 e. The Hall–Kier alpha value is -4.20. The van der Waals surface area contributed by atoms with Gasteiger partial charge in [-0.05, 0) is 90.1 Å². The highest BCUT2D eigenvalue weighted by Crippen LogP contribution is 2.32. The first-order chi connectivity index (χ1) is 19.1. The number of rotatable bonds is 9. The summed E-state index contributed by atoms with van der Waals surface area (Å²) in [6.07, 6.45) is 3.30. The van der Waals surface area contributed by atoms with Crippen LogP contribution >= 0.6 is 0 Å². The summed E-state index contributed by atoms with van der Waals surface area (Å²) >= 11 is 0. The fraction of sp³-hybridized carbons (Fsp3) is 0.344. The molecule has 0 saturated heterocycles. The smallest absolute Gasteiger partial charge is 0.326 e. The van der Waals surface area contributed by atoms with Crippen molar-refractivity contribution in [3.63, 3.8) is 0 Å². The second kappa shape index (κ2) is 12.8. The average Bonchev–Trinajstić information content (AvgIpc) is 2.92. The lowest BCUT2D eigenvalue weighted by Crippen LogP contribution is -2.45. The summed E-state index contributed by atoms with van der Waals surface area (Å²) in [5.74, 6) is -1.77. The predicted octanol–water partition coefficient (Wildman–Crippen LogP) is 6.56. The number of carbonyl (C=O) groups excluding carboxylic acids is 2. The second-order valence-electron chi connectivity index (χ2n) is 10.7. The topological polar surface area (TPSA) is 108 Å². The zero-order chi connectivity index (χ0) is 28.8. The van der Waals surface area contributed by atoms with Crippen molar-refractivity contribution in [2.24, 2.45) is 11.8 Å². The predicted molar refractivity (Wildman–Crippen MR) is 155 cm³/mol. The van der Waals surface area contributed by atoms with Crippen LogP contribution in [0.15, 0.2) is 60.7 Å². The van der Waals surface area contributed by atoms with Gasteiger partial charge in [0.05, 0.1) is 5.69 Å². The van der Waals surface area contributed by atoms with Crippen LogP contribution in [0.1, 0.15) is 49.8 Å². The number of aryl methyl sites for hydroxylation is 2. The van der Waals surface area contributed by atoms with Crippen molar-refractivity contribution in [3.05, 3.63) is 83.2 Å². The third kappa shape index (κ3) is 7.25. The molecule has 2 unspecified atom stereocenters. The Morgan fingerprint density at radius 2 is 1.75 bits per heavy atom. The molecule has 210 valence electrons. The molecule has 3 aromatic carbocycles. The molecule has 4 rings (SSSR count). The van der Waals surface area contributed by atoms with Crippen LogP contribution in [0.5, 0.6) is 0 Å². The number of nitrogens with one attached hydrogen (secondary N) is 3. The van der Waals surface area contributed by atoms with E-state index in [1.54, 1.807) is 18.2 Å². The third-order valence-electron chi connectivity index (χ3n) is 7.63. The molecule has 0 radical (unpaired) electrons. The Bertz CT molecular complexity index is 1410. The molecule has 3 aromatic rings. The van der Waals surface area contributed by atoms with E-state index in [1.165, 1.54) is 6.07 Å². The van der Waals surface area contributed by atoms with E-state index in [2.05, 4.69) is 22.0 Å². The van der Waals surface area contributed by atoms with E-state index in [0.29, 0.717) is 24.1 Å². The van der Waals surface area contributed by atoms with Gasteiger partial charge in [0.25, 0.3) is 0 Å². The number of fused-ring (bicyclic) bond motifs is 1. The summed E-state index contributed by atoms with van der Waals surface area (Å²) in [6, 6.07) is 16.7. The van der Waals surface area contributed by atoms with Gasteiger partial charge < -0.3 is 21.1 Å². The highest BCUT2D eigenvalue weighted by Gasteiger charge is 2.27. The molecule has 0 aromatic heterocycles.